The average molecular weight is 481 g/mol. The smallest absolute Gasteiger partial charge is 0.278 e. The van der Waals surface area contributed by atoms with Crippen LogP contribution in [-0.2, 0) is 0 Å². The van der Waals surface area contributed by atoms with Crippen LogP contribution in [0.5, 0.6) is 11.5 Å². The minimum Gasteiger partial charge on any atom is -0.502 e. The molecule has 3 aromatic rings. The summed E-state index contributed by atoms with van der Waals surface area (Å²) in [6.45, 7) is 4.18. The summed E-state index contributed by atoms with van der Waals surface area (Å²) >= 11 is 0. The fourth-order valence-corrected chi connectivity index (χ4v) is 4.19. The van der Waals surface area contributed by atoms with Crippen LogP contribution in [0.1, 0.15) is 41.5 Å². The predicted octanol–water partition coefficient (Wildman–Crippen LogP) is 3.95. The van der Waals surface area contributed by atoms with Gasteiger partial charge in [0.2, 0.25) is 11.2 Å². The summed E-state index contributed by atoms with van der Waals surface area (Å²) in [5, 5.41) is 12.2. The van der Waals surface area contributed by atoms with Crippen molar-refractivity contribution in [2.24, 2.45) is 0 Å². The van der Waals surface area contributed by atoms with Gasteiger partial charge in [-0.3, -0.25) is 19.3 Å². The topological polar surface area (TPSA) is 75.0 Å². The van der Waals surface area contributed by atoms with Crippen molar-refractivity contribution >= 4 is 5.91 Å². The SMILES string of the molecule is CC.O=C1c2c(O)c(=O)ccn2N2CN1C/C=C/COc1c(ccc(F)c1F)[C@H]2c1ccccc1. The molecule has 1 atom stereocenters. The minimum absolute atomic E-state index is 0.0348. The second-order valence-electron chi connectivity index (χ2n) is 7.71. The molecule has 2 bridgehead atoms. The van der Waals surface area contributed by atoms with Crippen LogP contribution < -0.4 is 15.2 Å². The molecule has 35 heavy (non-hydrogen) atoms. The third-order valence-corrected chi connectivity index (χ3v) is 5.74. The number of fused-ring (bicyclic) bond motifs is 5. The van der Waals surface area contributed by atoms with Gasteiger partial charge in [-0.2, -0.15) is 4.39 Å². The van der Waals surface area contributed by atoms with Crippen LogP contribution in [0.15, 0.2) is 71.7 Å². The third-order valence-electron chi connectivity index (χ3n) is 5.74. The first-order valence-corrected chi connectivity index (χ1v) is 11.3. The number of hydrogen-bond donors (Lipinski definition) is 1. The van der Waals surface area contributed by atoms with Crippen LogP contribution in [0.3, 0.4) is 0 Å². The zero-order valence-electron chi connectivity index (χ0n) is 19.3. The summed E-state index contributed by atoms with van der Waals surface area (Å²) in [5.74, 6) is -3.61. The standard InChI is InChI=1S/C24H19F2N3O4.C2H6/c25-17-9-8-16-20(15-6-2-1-3-7-15)29-14-27(11-4-5-13-33-23(16)19(17)26)24(32)21-22(31)18(30)10-12-28(21)29;1-2/h1-10,12,20,31H,11,13-14H2;1-2H3/b5-4+;/t20-;/m1./s1. The maximum absolute atomic E-state index is 14.9. The number of aromatic nitrogens is 1. The molecule has 0 fully saturated rings. The Labute approximate surface area is 201 Å². The van der Waals surface area contributed by atoms with Gasteiger partial charge in [0.1, 0.15) is 19.3 Å². The van der Waals surface area contributed by atoms with E-state index in [0.29, 0.717) is 11.1 Å². The number of halogens is 2. The molecule has 2 aliphatic rings. The second kappa shape index (κ2) is 10.0. The molecule has 1 amide bonds. The molecule has 2 aromatic carbocycles. The van der Waals surface area contributed by atoms with Crippen LogP contribution in [0, 0.1) is 11.6 Å². The maximum atomic E-state index is 14.9. The highest BCUT2D eigenvalue weighted by molar-refractivity contribution is 5.96. The van der Waals surface area contributed by atoms with Gasteiger partial charge in [0, 0.05) is 24.4 Å². The molecule has 2 aliphatic heterocycles. The van der Waals surface area contributed by atoms with Gasteiger partial charge in [-0.05, 0) is 23.8 Å². The number of carbonyl (C=O) groups is 1. The molecule has 9 heteroatoms. The van der Waals surface area contributed by atoms with Gasteiger partial charge in [-0.1, -0.05) is 50.3 Å². The van der Waals surface area contributed by atoms with Gasteiger partial charge in [0.15, 0.2) is 23.0 Å². The molecular weight excluding hydrogens is 456 g/mol. The molecule has 3 heterocycles. The number of carbonyl (C=O) groups excluding carboxylic acids is 1. The van der Waals surface area contributed by atoms with Gasteiger partial charge >= 0.3 is 0 Å². The summed E-state index contributed by atoms with van der Waals surface area (Å²) < 4.78 is 36.1. The Morgan fingerprint density at radius 1 is 1.00 bits per heavy atom. The lowest BCUT2D eigenvalue weighted by Gasteiger charge is -2.43. The molecule has 0 saturated carbocycles. The van der Waals surface area contributed by atoms with Crippen molar-refractivity contribution in [1.82, 2.24) is 9.58 Å². The Kier molecular flexibility index (Phi) is 6.86. The van der Waals surface area contributed by atoms with E-state index in [-0.39, 0.29) is 31.3 Å². The van der Waals surface area contributed by atoms with E-state index in [9.17, 15) is 23.5 Å². The van der Waals surface area contributed by atoms with Crippen molar-refractivity contribution in [3.8, 4) is 11.5 Å². The Hall–Kier alpha value is -4.14. The van der Waals surface area contributed by atoms with Crippen molar-refractivity contribution in [2.45, 2.75) is 19.9 Å². The monoisotopic (exact) mass is 481 g/mol. The molecule has 0 radical (unpaired) electrons. The van der Waals surface area contributed by atoms with Gasteiger partial charge in [-0.25, -0.2) is 4.39 Å². The van der Waals surface area contributed by atoms with E-state index in [4.69, 9.17) is 4.74 Å². The van der Waals surface area contributed by atoms with Crippen molar-refractivity contribution in [3.05, 3.63) is 106 Å². The Morgan fingerprint density at radius 2 is 1.74 bits per heavy atom. The predicted molar refractivity (Wildman–Crippen MR) is 127 cm³/mol. The highest BCUT2D eigenvalue weighted by Crippen LogP contribution is 2.38. The molecule has 1 aromatic heterocycles. The molecule has 182 valence electrons. The number of aromatic hydroxyl groups is 1. The maximum Gasteiger partial charge on any atom is 0.278 e. The van der Waals surface area contributed by atoms with E-state index in [2.05, 4.69) is 0 Å². The van der Waals surface area contributed by atoms with Crippen LogP contribution in [0.2, 0.25) is 0 Å². The van der Waals surface area contributed by atoms with E-state index >= 15 is 0 Å². The molecule has 0 saturated heterocycles. The minimum atomic E-state index is -1.12. The number of nitrogens with zero attached hydrogens (tertiary/aromatic N) is 3. The van der Waals surface area contributed by atoms with E-state index < -0.39 is 34.8 Å². The van der Waals surface area contributed by atoms with Gasteiger partial charge < -0.3 is 14.7 Å². The summed E-state index contributed by atoms with van der Waals surface area (Å²) in [6.07, 6.45) is 4.64. The number of hydrogen-bond acceptors (Lipinski definition) is 5. The number of ether oxygens (including phenoxy) is 1. The van der Waals surface area contributed by atoms with Crippen molar-refractivity contribution < 1.29 is 23.4 Å². The first-order valence-electron chi connectivity index (χ1n) is 11.3. The Morgan fingerprint density at radius 3 is 2.49 bits per heavy atom. The normalized spacial score (nSPS) is 17.7. The van der Waals surface area contributed by atoms with Crippen LogP contribution in [0.25, 0.3) is 0 Å². The largest absolute Gasteiger partial charge is 0.502 e. The van der Waals surface area contributed by atoms with Gasteiger partial charge in [0.25, 0.3) is 5.91 Å². The summed E-state index contributed by atoms with van der Waals surface area (Å²) in [7, 11) is 0. The molecule has 5 rings (SSSR count). The Balaban J connectivity index is 0.00000141. The zero-order chi connectivity index (χ0) is 25.1. The average Bonchev–Trinajstić information content (AvgIpc) is 2.91. The summed E-state index contributed by atoms with van der Waals surface area (Å²) in [5.41, 5.74) is 0.143. The number of amides is 1. The molecule has 0 aliphatic carbocycles. The lowest BCUT2D eigenvalue weighted by atomic mass is 9.96. The van der Waals surface area contributed by atoms with Crippen molar-refractivity contribution in [3.63, 3.8) is 0 Å². The van der Waals surface area contributed by atoms with Crippen molar-refractivity contribution in [1.29, 1.82) is 0 Å². The summed E-state index contributed by atoms with van der Waals surface area (Å²) in [6, 6.07) is 11.9. The first kappa shape index (κ1) is 24.0. The molecule has 0 spiro atoms. The fourth-order valence-electron chi connectivity index (χ4n) is 4.19. The highest BCUT2D eigenvalue weighted by atomic mass is 19.2. The zero-order valence-corrected chi connectivity index (χ0v) is 19.3. The van der Waals surface area contributed by atoms with Crippen LogP contribution >= 0.6 is 0 Å². The van der Waals surface area contributed by atoms with E-state index in [1.165, 1.54) is 21.8 Å². The number of rotatable bonds is 1. The van der Waals surface area contributed by atoms with E-state index in [0.717, 1.165) is 12.1 Å². The van der Waals surface area contributed by atoms with E-state index in [1.54, 1.807) is 29.3 Å². The lowest BCUT2D eigenvalue weighted by molar-refractivity contribution is 0.0701. The first-order chi connectivity index (χ1) is 17.0. The third kappa shape index (κ3) is 4.25. The quantitative estimate of drug-likeness (QED) is 0.533. The molecular formula is C26H25F2N3O4. The number of benzene rings is 2. The summed E-state index contributed by atoms with van der Waals surface area (Å²) in [4.78, 5) is 26.7. The Bertz CT molecular complexity index is 1320. The van der Waals surface area contributed by atoms with Crippen LogP contribution in [-0.4, -0.2) is 40.4 Å². The fraction of sp³-hybridized carbons (Fsp3) is 0.231. The second-order valence-corrected chi connectivity index (χ2v) is 7.71. The van der Waals surface area contributed by atoms with Gasteiger partial charge in [0.05, 0.1) is 0 Å². The molecule has 0 unspecified atom stereocenters. The lowest BCUT2D eigenvalue weighted by Crippen LogP contribution is -2.55. The van der Waals surface area contributed by atoms with Gasteiger partial charge in [-0.15, -0.1) is 0 Å². The van der Waals surface area contributed by atoms with Crippen LogP contribution in [0.4, 0.5) is 8.78 Å². The van der Waals surface area contributed by atoms with Crippen molar-refractivity contribution in [2.75, 3.05) is 24.8 Å². The molecule has 7 nitrogen and oxygen atoms in total. The van der Waals surface area contributed by atoms with E-state index in [1.807, 2.05) is 32.0 Å². The number of pyridine rings is 1. The molecule has 1 N–H and O–H groups in total. The highest BCUT2D eigenvalue weighted by Gasteiger charge is 2.38.